The molecule has 2 amide bonds. The molecule has 1 aromatic carbocycles. The molecule has 1 aromatic heterocycles. The molecule has 0 atom stereocenters. The van der Waals surface area contributed by atoms with Crippen LogP contribution in [0.3, 0.4) is 0 Å². The van der Waals surface area contributed by atoms with Crippen molar-refractivity contribution >= 4 is 11.8 Å². The second-order valence-corrected chi connectivity index (χ2v) is 7.36. The van der Waals surface area contributed by atoms with Gasteiger partial charge in [0.05, 0.1) is 0 Å². The first-order valence-electron chi connectivity index (χ1n) is 9.56. The zero-order chi connectivity index (χ0) is 18.7. The molecule has 2 fully saturated rings. The number of nitrogens with one attached hydrogen (secondary N) is 3. The van der Waals surface area contributed by atoms with Gasteiger partial charge in [0.1, 0.15) is 5.54 Å². The summed E-state index contributed by atoms with van der Waals surface area (Å²) in [5, 5.41) is 13.7. The molecule has 0 bridgehead atoms. The first-order valence-corrected chi connectivity index (χ1v) is 9.56. The quantitative estimate of drug-likeness (QED) is 0.715. The summed E-state index contributed by atoms with van der Waals surface area (Å²) in [5.74, 6) is -0.0717. The highest BCUT2D eigenvalue weighted by Gasteiger charge is 2.41. The average Bonchev–Trinajstić information content (AvgIpc) is 3.34. The molecular weight excluding hydrogens is 342 g/mol. The summed E-state index contributed by atoms with van der Waals surface area (Å²) in [6, 6.07) is 9.62. The van der Waals surface area contributed by atoms with Gasteiger partial charge in [0, 0.05) is 30.5 Å². The Morgan fingerprint density at radius 2 is 2.04 bits per heavy atom. The van der Waals surface area contributed by atoms with Crippen molar-refractivity contribution in [3.63, 3.8) is 0 Å². The maximum atomic E-state index is 13.1. The number of amides is 2. The van der Waals surface area contributed by atoms with Gasteiger partial charge in [-0.15, -0.1) is 0 Å². The molecule has 2 aliphatic rings. The molecule has 0 radical (unpaired) electrons. The SMILES string of the molecule is O=C(NC1CC1)c1cccc(CNC(=O)C2(n3cccn3)CCNCC2)c1. The third kappa shape index (κ3) is 3.88. The van der Waals surface area contributed by atoms with Gasteiger partial charge in [-0.05, 0) is 62.5 Å². The van der Waals surface area contributed by atoms with Crippen LogP contribution in [0.5, 0.6) is 0 Å². The molecular formula is C20H25N5O2. The van der Waals surface area contributed by atoms with E-state index in [-0.39, 0.29) is 11.8 Å². The fourth-order valence-electron chi connectivity index (χ4n) is 3.59. The van der Waals surface area contributed by atoms with Gasteiger partial charge in [-0.25, -0.2) is 0 Å². The van der Waals surface area contributed by atoms with Crippen molar-refractivity contribution in [1.29, 1.82) is 0 Å². The van der Waals surface area contributed by atoms with Crippen molar-refractivity contribution in [2.24, 2.45) is 0 Å². The third-order valence-corrected chi connectivity index (χ3v) is 5.35. The molecule has 1 saturated carbocycles. The summed E-state index contributed by atoms with van der Waals surface area (Å²) < 4.78 is 1.78. The molecule has 1 aliphatic heterocycles. The first kappa shape index (κ1) is 17.7. The minimum absolute atomic E-state index is 0.0273. The molecule has 3 N–H and O–H groups in total. The summed E-state index contributed by atoms with van der Waals surface area (Å²) in [5.41, 5.74) is 0.893. The topological polar surface area (TPSA) is 88.1 Å². The molecule has 4 rings (SSSR count). The van der Waals surface area contributed by atoms with Gasteiger partial charge in [-0.3, -0.25) is 14.3 Å². The van der Waals surface area contributed by atoms with E-state index in [4.69, 9.17) is 0 Å². The van der Waals surface area contributed by atoms with Gasteiger partial charge in [0.2, 0.25) is 5.91 Å². The van der Waals surface area contributed by atoms with Crippen molar-refractivity contribution in [1.82, 2.24) is 25.7 Å². The maximum absolute atomic E-state index is 13.1. The van der Waals surface area contributed by atoms with Crippen LogP contribution in [-0.2, 0) is 16.9 Å². The number of aromatic nitrogens is 2. The Morgan fingerprint density at radius 3 is 2.74 bits per heavy atom. The highest BCUT2D eigenvalue weighted by atomic mass is 16.2. The normalized spacial score (nSPS) is 18.7. The molecule has 27 heavy (non-hydrogen) atoms. The standard InChI is InChI=1S/C20H25N5O2/c26-18(24-17-5-6-17)16-4-1-3-15(13-16)14-22-19(27)20(7-10-21-11-8-20)25-12-2-9-23-25/h1-4,9,12-13,17,21H,5-8,10-11,14H2,(H,22,27)(H,24,26). The molecule has 142 valence electrons. The van der Waals surface area contributed by atoms with Gasteiger partial charge in [-0.2, -0.15) is 5.10 Å². The lowest BCUT2D eigenvalue weighted by Crippen LogP contribution is -2.54. The second-order valence-electron chi connectivity index (χ2n) is 7.36. The van der Waals surface area contributed by atoms with E-state index in [2.05, 4.69) is 21.0 Å². The summed E-state index contributed by atoms with van der Waals surface area (Å²) in [6.45, 7) is 1.95. The molecule has 7 nitrogen and oxygen atoms in total. The van der Waals surface area contributed by atoms with Gasteiger partial charge in [-0.1, -0.05) is 12.1 Å². The van der Waals surface area contributed by atoms with E-state index in [0.717, 1.165) is 31.5 Å². The zero-order valence-corrected chi connectivity index (χ0v) is 15.3. The van der Waals surface area contributed by atoms with Crippen LogP contribution >= 0.6 is 0 Å². The van der Waals surface area contributed by atoms with Gasteiger partial charge in [0.25, 0.3) is 5.91 Å². The van der Waals surface area contributed by atoms with E-state index < -0.39 is 5.54 Å². The Morgan fingerprint density at radius 1 is 1.22 bits per heavy atom. The highest BCUT2D eigenvalue weighted by molar-refractivity contribution is 5.94. The monoisotopic (exact) mass is 367 g/mol. The Balaban J connectivity index is 1.44. The molecule has 2 heterocycles. The molecule has 1 aliphatic carbocycles. The molecule has 1 saturated heterocycles. The van der Waals surface area contributed by atoms with Crippen LogP contribution in [0.25, 0.3) is 0 Å². The van der Waals surface area contributed by atoms with Crippen LogP contribution in [0.1, 0.15) is 41.6 Å². The van der Waals surface area contributed by atoms with E-state index in [1.165, 1.54) is 0 Å². The maximum Gasteiger partial charge on any atom is 0.251 e. The van der Waals surface area contributed by atoms with Crippen LogP contribution in [0.15, 0.2) is 42.7 Å². The fourth-order valence-corrected chi connectivity index (χ4v) is 3.59. The number of nitrogens with zero attached hydrogens (tertiary/aromatic N) is 2. The van der Waals surface area contributed by atoms with E-state index in [0.29, 0.717) is 31.0 Å². The van der Waals surface area contributed by atoms with Crippen LogP contribution < -0.4 is 16.0 Å². The summed E-state index contributed by atoms with van der Waals surface area (Å²) in [7, 11) is 0. The lowest BCUT2D eigenvalue weighted by Gasteiger charge is -2.36. The third-order valence-electron chi connectivity index (χ3n) is 5.35. The number of piperidine rings is 1. The van der Waals surface area contributed by atoms with Gasteiger partial charge in [0.15, 0.2) is 0 Å². The summed E-state index contributed by atoms with van der Waals surface area (Å²) in [4.78, 5) is 25.3. The van der Waals surface area contributed by atoms with Crippen LogP contribution in [0.2, 0.25) is 0 Å². The molecule has 7 heteroatoms. The number of carbonyl (C=O) groups excluding carboxylic acids is 2. The number of rotatable bonds is 6. The second kappa shape index (κ2) is 7.52. The smallest absolute Gasteiger partial charge is 0.251 e. The predicted molar refractivity (Wildman–Crippen MR) is 101 cm³/mol. The average molecular weight is 367 g/mol. The lowest BCUT2D eigenvalue weighted by molar-refractivity contribution is -0.132. The largest absolute Gasteiger partial charge is 0.350 e. The van der Waals surface area contributed by atoms with Crippen molar-refractivity contribution in [2.75, 3.05) is 13.1 Å². The number of benzene rings is 1. The van der Waals surface area contributed by atoms with Crippen molar-refractivity contribution < 1.29 is 9.59 Å². The molecule has 0 spiro atoms. The van der Waals surface area contributed by atoms with Crippen LogP contribution in [0.4, 0.5) is 0 Å². The number of hydrogen-bond donors (Lipinski definition) is 3. The Labute approximate surface area is 158 Å². The van der Waals surface area contributed by atoms with Crippen molar-refractivity contribution in [2.45, 2.75) is 43.8 Å². The predicted octanol–water partition coefficient (Wildman–Crippen LogP) is 1.17. The van der Waals surface area contributed by atoms with Crippen LogP contribution in [-0.4, -0.2) is 40.7 Å². The number of hydrogen-bond acceptors (Lipinski definition) is 4. The molecule has 0 unspecified atom stereocenters. The minimum Gasteiger partial charge on any atom is -0.350 e. The van der Waals surface area contributed by atoms with E-state index >= 15 is 0 Å². The fraction of sp³-hybridized carbons (Fsp3) is 0.450. The van der Waals surface area contributed by atoms with E-state index in [1.807, 2.05) is 30.5 Å². The summed E-state index contributed by atoms with van der Waals surface area (Å²) >= 11 is 0. The Bertz CT molecular complexity index is 808. The van der Waals surface area contributed by atoms with Crippen molar-refractivity contribution in [3.05, 3.63) is 53.9 Å². The highest BCUT2D eigenvalue weighted by Crippen LogP contribution is 2.27. The lowest BCUT2D eigenvalue weighted by atomic mass is 9.87. The van der Waals surface area contributed by atoms with Gasteiger partial charge >= 0.3 is 0 Å². The number of carbonyl (C=O) groups is 2. The summed E-state index contributed by atoms with van der Waals surface area (Å²) in [6.07, 6.45) is 7.08. The van der Waals surface area contributed by atoms with E-state index in [9.17, 15) is 9.59 Å². The Kier molecular flexibility index (Phi) is 4.94. The Hall–Kier alpha value is -2.67. The van der Waals surface area contributed by atoms with Crippen LogP contribution in [0, 0.1) is 0 Å². The first-order chi connectivity index (χ1) is 13.2. The van der Waals surface area contributed by atoms with Gasteiger partial charge < -0.3 is 16.0 Å². The van der Waals surface area contributed by atoms with Crippen molar-refractivity contribution in [3.8, 4) is 0 Å². The zero-order valence-electron chi connectivity index (χ0n) is 15.3. The molecule has 2 aromatic rings. The van der Waals surface area contributed by atoms with E-state index in [1.54, 1.807) is 16.9 Å². The minimum atomic E-state index is -0.657.